The molecule has 0 aliphatic carbocycles. The molecule has 57 heavy (non-hydrogen) atoms. The van der Waals surface area contributed by atoms with E-state index in [0.717, 1.165) is 61.4 Å². The lowest BCUT2D eigenvalue weighted by Gasteiger charge is -2.21. The lowest BCUT2D eigenvalue weighted by atomic mass is 10.1. The van der Waals surface area contributed by atoms with E-state index in [2.05, 4.69) is 179 Å². The smallest absolute Gasteiger partial charge is 0.0593 e. The summed E-state index contributed by atoms with van der Waals surface area (Å²) in [6, 6.07) is 52.0. The van der Waals surface area contributed by atoms with Gasteiger partial charge in [-0.2, -0.15) is 10.2 Å². The van der Waals surface area contributed by atoms with Crippen molar-refractivity contribution in [3.63, 3.8) is 0 Å². The van der Waals surface area contributed by atoms with Gasteiger partial charge in [-0.3, -0.25) is 10.0 Å². The lowest BCUT2D eigenvalue weighted by molar-refractivity contribution is 0.584. The van der Waals surface area contributed by atoms with Crippen LogP contribution < -0.4 is 10.0 Å². The van der Waals surface area contributed by atoms with Gasteiger partial charge >= 0.3 is 0 Å². The number of aromatic nitrogens is 2. The summed E-state index contributed by atoms with van der Waals surface area (Å²) in [6.45, 7) is 5.00. The second-order valence-corrected chi connectivity index (χ2v) is 15.2. The molecular formula is C51H54N6. The molecule has 0 bridgehead atoms. The van der Waals surface area contributed by atoms with Crippen molar-refractivity contribution in [3.05, 3.63) is 157 Å². The van der Waals surface area contributed by atoms with Crippen molar-refractivity contribution in [2.45, 2.75) is 64.8 Å². The number of unbranched alkanes of at least 4 members (excludes halogenated alkanes) is 6. The van der Waals surface area contributed by atoms with Crippen molar-refractivity contribution in [3.8, 4) is 0 Å². The van der Waals surface area contributed by atoms with Crippen LogP contribution in [0.3, 0.4) is 0 Å². The molecule has 2 heterocycles. The van der Waals surface area contributed by atoms with E-state index in [0.29, 0.717) is 0 Å². The predicted octanol–water partition coefficient (Wildman–Crippen LogP) is 13.0. The van der Waals surface area contributed by atoms with Crippen LogP contribution in [-0.4, -0.2) is 34.7 Å². The first-order chi connectivity index (χ1) is 28.2. The van der Waals surface area contributed by atoms with Crippen LogP contribution in [0.4, 0.5) is 11.4 Å². The van der Waals surface area contributed by atoms with Crippen LogP contribution in [0.25, 0.3) is 43.6 Å². The minimum atomic E-state index is 0.831. The first-order valence-electron chi connectivity index (χ1n) is 20.9. The number of hydrogen-bond donors (Lipinski definition) is 0. The number of anilines is 2. The summed E-state index contributed by atoms with van der Waals surface area (Å²) in [5.41, 5.74) is 9.52. The summed E-state index contributed by atoms with van der Waals surface area (Å²) in [6.07, 6.45) is 13.5. The third-order valence-corrected chi connectivity index (χ3v) is 11.3. The number of para-hydroxylation sites is 4. The monoisotopic (exact) mass is 750 g/mol. The van der Waals surface area contributed by atoms with Gasteiger partial charge in [0.2, 0.25) is 0 Å². The first kappa shape index (κ1) is 37.8. The minimum Gasteiger partial charge on any atom is -0.344 e. The van der Waals surface area contributed by atoms with Crippen LogP contribution >= 0.6 is 0 Å². The number of rotatable bonds is 18. The third-order valence-electron chi connectivity index (χ3n) is 11.3. The topological polar surface area (TPSA) is 41.1 Å². The molecular weight excluding hydrogens is 697 g/mol. The van der Waals surface area contributed by atoms with Crippen molar-refractivity contribution in [1.29, 1.82) is 0 Å². The molecule has 8 rings (SSSR count). The number of nitrogens with zero attached hydrogens (tertiary/aromatic N) is 6. The van der Waals surface area contributed by atoms with Gasteiger partial charge in [-0.15, -0.1) is 0 Å². The molecule has 8 aromatic rings. The summed E-state index contributed by atoms with van der Waals surface area (Å²) in [5.74, 6) is 0. The molecule has 0 amide bonds. The minimum absolute atomic E-state index is 0.831. The van der Waals surface area contributed by atoms with Crippen LogP contribution in [-0.2, 0) is 13.6 Å². The Kier molecular flexibility index (Phi) is 12.1. The van der Waals surface area contributed by atoms with Crippen molar-refractivity contribution >= 4 is 67.4 Å². The summed E-state index contributed by atoms with van der Waals surface area (Å²) in [4.78, 5) is 0. The zero-order chi connectivity index (χ0) is 38.8. The number of aryl methyl sites for hydroxylation is 2. The highest BCUT2D eigenvalue weighted by molar-refractivity contribution is 6.10. The lowest BCUT2D eigenvalue weighted by Crippen LogP contribution is -2.20. The van der Waals surface area contributed by atoms with Crippen molar-refractivity contribution in [1.82, 2.24) is 9.13 Å². The molecule has 0 saturated carbocycles. The van der Waals surface area contributed by atoms with Crippen LogP contribution in [0.1, 0.15) is 69.4 Å². The molecule has 0 aliphatic heterocycles. The van der Waals surface area contributed by atoms with Gasteiger partial charge in [0.1, 0.15) is 0 Å². The van der Waals surface area contributed by atoms with Gasteiger partial charge in [0.25, 0.3) is 0 Å². The highest BCUT2D eigenvalue weighted by Crippen LogP contribution is 2.31. The molecule has 6 nitrogen and oxygen atoms in total. The SMILES string of the molecule is CCCCCCCn1c2ccccc2c2cc(/C=N\N(CCCCCN(/N=C\c3ccc4c(c3)c3ccccc3n4C)c3ccccc3)c3ccccc3)ccc21. The number of hydrazone groups is 2. The summed E-state index contributed by atoms with van der Waals surface area (Å²) >= 11 is 0. The number of hydrogen-bond acceptors (Lipinski definition) is 4. The van der Waals surface area contributed by atoms with E-state index in [1.54, 1.807) is 0 Å². The maximum atomic E-state index is 5.09. The molecule has 0 saturated heterocycles. The molecule has 0 unspecified atom stereocenters. The molecule has 0 fully saturated rings. The van der Waals surface area contributed by atoms with E-state index in [-0.39, 0.29) is 0 Å². The summed E-state index contributed by atoms with van der Waals surface area (Å²) in [5, 5.41) is 19.6. The molecule has 0 N–H and O–H groups in total. The summed E-state index contributed by atoms with van der Waals surface area (Å²) in [7, 11) is 2.14. The standard InChI is InChI=1S/C51H54N6/c1-3-4-5-6-18-33-55-50-28-17-15-26-45(50)47-37-41(30-32-51(47)55)39-53-57(43-23-12-8-13-24-43)35-20-9-19-34-56(42-21-10-7-11-22-42)52-38-40-29-31-49-46(36-40)44-25-14-16-27-48(44)54(49)2/h7-8,10-17,21-32,36-39H,3-6,9,18-20,33-35H2,1-2H3/b52-38-,53-39-. The van der Waals surface area contributed by atoms with Crippen molar-refractivity contribution in [2.24, 2.45) is 17.3 Å². The molecule has 2 aromatic heterocycles. The van der Waals surface area contributed by atoms with E-state index in [1.807, 2.05) is 12.4 Å². The second-order valence-electron chi connectivity index (χ2n) is 15.2. The first-order valence-corrected chi connectivity index (χ1v) is 20.9. The maximum absolute atomic E-state index is 5.09. The molecule has 0 radical (unpaired) electrons. The fourth-order valence-corrected chi connectivity index (χ4v) is 8.21. The Bertz CT molecular complexity index is 2600. The molecule has 288 valence electrons. The van der Waals surface area contributed by atoms with Crippen molar-refractivity contribution in [2.75, 3.05) is 23.1 Å². The van der Waals surface area contributed by atoms with Gasteiger partial charge in [0, 0.05) is 70.3 Å². The third kappa shape index (κ3) is 8.66. The molecule has 0 aliphatic rings. The second kappa shape index (κ2) is 18.2. The number of benzene rings is 6. The van der Waals surface area contributed by atoms with Gasteiger partial charge in [-0.25, -0.2) is 0 Å². The Morgan fingerprint density at radius 2 is 0.912 bits per heavy atom. The maximum Gasteiger partial charge on any atom is 0.0593 e. The fraction of sp³-hybridized carbons (Fsp3) is 0.255. The van der Waals surface area contributed by atoms with Crippen molar-refractivity contribution < 1.29 is 0 Å². The van der Waals surface area contributed by atoms with Crippen LogP contribution in [0.5, 0.6) is 0 Å². The Labute approximate surface area is 337 Å². The van der Waals surface area contributed by atoms with E-state index in [1.165, 1.54) is 75.7 Å². The largest absolute Gasteiger partial charge is 0.344 e. The zero-order valence-electron chi connectivity index (χ0n) is 33.5. The van der Waals surface area contributed by atoms with E-state index in [9.17, 15) is 0 Å². The predicted molar refractivity (Wildman–Crippen MR) is 245 cm³/mol. The van der Waals surface area contributed by atoms with Crippen LogP contribution in [0.15, 0.2) is 156 Å². The average Bonchev–Trinajstić information content (AvgIpc) is 3.73. The Morgan fingerprint density at radius 3 is 1.53 bits per heavy atom. The van der Waals surface area contributed by atoms with Gasteiger partial charge in [0.05, 0.1) is 23.8 Å². The van der Waals surface area contributed by atoms with Gasteiger partial charge in [-0.1, -0.05) is 118 Å². The molecule has 0 atom stereocenters. The van der Waals surface area contributed by atoms with Crippen LogP contribution in [0, 0.1) is 0 Å². The average molecular weight is 751 g/mol. The normalized spacial score (nSPS) is 12.0. The Balaban J connectivity index is 0.939. The Hall–Kier alpha value is -6.14. The molecule has 6 aromatic carbocycles. The highest BCUT2D eigenvalue weighted by Gasteiger charge is 2.12. The fourth-order valence-electron chi connectivity index (χ4n) is 8.21. The number of fused-ring (bicyclic) bond motifs is 6. The zero-order valence-corrected chi connectivity index (χ0v) is 33.5. The molecule has 6 heteroatoms. The van der Waals surface area contributed by atoms with E-state index in [4.69, 9.17) is 10.2 Å². The van der Waals surface area contributed by atoms with E-state index < -0.39 is 0 Å². The van der Waals surface area contributed by atoms with E-state index >= 15 is 0 Å². The Morgan fingerprint density at radius 1 is 0.456 bits per heavy atom. The quantitative estimate of drug-likeness (QED) is 0.0498. The molecule has 0 spiro atoms. The van der Waals surface area contributed by atoms with Gasteiger partial charge in [0.15, 0.2) is 0 Å². The highest BCUT2D eigenvalue weighted by atomic mass is 15.5. The summed E-state index contributed by atoms with van der Waals surface area (Å²) < 4.78 is 4.78. The van der Waals surface area contributed by atoms with Gasteiger partial charge < -0.3 is 9.13 Å². The van der Waals surface area contributed by atoms with Gasteiger partial charge in [-0.05, 0) is 97.5 Å². The van der Waals surface area contributed by atoms with Crippen LogP contribution in [0.2, 0.25) is 0 Å².